The zero-order chi connectivity index (χ0) is 18.0. The lowest BCUT2D eigenvalue weighted by Crippen LogP contribution is -2.18. The summed E-state index contributed by atoms with van der Waals surface area (Å²) >= 11 is 0. The van der Waals surface area contributed by atoms with E-state index >= 15 is 0 Å². The fraction of sp³-hybridized carbons (Fsp3) is 0.400. The van der Waals surface area contributed by atoms with E-state index in [0.29, 0.717) is 29.6 Å². The summed E-state index contributed by atoms with van der Waals surface area (Å²) in [6.07, 6.45) is 2.40. The Morgan fingerprint density at radius 3 is 2.40 bits per heavy atom. The third-order valence-electron chi connectivity index (χ3n) is 4.51. The van der Waals surface area contributed by atoms with Crippen molar-refractivity contribution < 1.29 is 14.3 Å². The number of hydrogen-bond acceptors (Lipinski definition) is 4. The molecule has 1 aliphatic rings. The van der Waals surface area contributed by atoms with Crippen LogP contribution in [0.3, 0.4) is 0 Å². The molecule has 1 fully saturated rings. The van der Waals surface area contributed by atoms with Crippen molar-refractivity contribution in [3.8, 4) is 11.5 Å². The Balaban J connectivity index is 1.81. The number of hydrogen-bond donors (Lipinski definition) is 0. The van der Waals surface area contributed by atoms with Crippen LogP contribution >= 0.6 is 0 Å². The molecule has 0 radical (unpaired) electrons. The molecule has 0 atom stereocenters. The molecule has 2 aromatic rings. The summed E-state index contributed by atoms with van der Waals surface area (Å²) in [6.45, 7) is 4.51. The minimum absolute atomic E-state index is 0.0335. The van der Waals surface area contributed by atoms with Gasteiger partial charge in [0, 0.05) is 29.1 Å². The van der Waals surface area contributed by atoms with Crippen molar-refractivity contribution in [2.24, 2.45) is 5.92 Å². The van der Waals surface area contributed by atoms with Gasteiger partial charge in [0.05, 0.1) is 20.3 Å². The highest BCUT2D eigenvalue weighted by Crippen LogP contribution is 2.33. The van der Waals surface area contributed by atoms with E-state index in [0.717, 1.165) is 11.4 Å². The number of aromatic nitrogens is 1. The van der Waals surface area contributed by atoms with E-state index in [1.54, 1.807) is 37.4 Å². The number of ether oxygens (including phenoxy) is 2. The topological polar surface area (TPSA) is 57.5 Å². The maximum atomic E-state index is 12.7. The van der Waals surface area contributed by atoms with E-state index in [9.17, 15) is 9.59 Å². The van der Waals surface area contributed by atoms with Crippen LogP contribution in [0.25, 0.3) is 0 Å². The average molecular weight is 341 g/mol. The Hall–Kier alpha value is -2.56. The summed E-state index contributed by atoms with van der Waals surface area (Å²) in [5.74, 6) is 1.82. The van der Waals surface area contributed by atoms with Gasteiger partial charge >= 0.3 is 0 Å². The molecule has 1 aliphatic carbocycles. The quantitative estimate of drug-likeness (QED) is 0.726. The molecule has 0 saturated heterocycles. The Bertz CT molecular complexity index is 823. The molecular formula is C20H23NO4. The minimum atomic E-state index is -0.0427. The molecule has 3 rings (SSSR count). The van der Waals surface area contributed by atoms with Crippen molar-refractivity contribution in [2.45, 2.75) is 33.2 Å². The molecule has 1 heterocycles. The van der Waals surface area contributed by atoms with Crippen LogP contribution in [0, 0.1) is 19.8 Å². The van der Waals surface area contributed by atoms with E-state index < -0.39 is 0 Å². The van der Waals surface area contributed by atoms with Crippen molar-refractivity contribution in [1.82, 2.24) is 4.57 Å². The molecule has 5 nitrogen and oxygen atoms in total. The molecular weight excluding hydrogens is 318 g/mol. The SMILES string of the molecule is COc1ccc(C(=O)Cn2c(C)cc(=O)cc2C)cc1OCC1CC1. The number of Topliss-reactive ketones (excluding diaryl/α,β-unsaturated/α-hetero) is 1. The van der Waals surface area contributed by atoms with Gasteiger partial charge in [-0.15, -0.1) is 0 Å². The van der Waals surface area contributed by atoms with Gasteiger partial charge in [-0.05, 0) is 50.8 Å². The highest BCUT2D eigenvalue weighted by Gasteiger charge is 2.23. The molecule has 132 valence electrons. The molecule has 25 heavy (non-hydrogen) atoms. The van der Waals surface area contributed by atoms with Crippen molar-refractivity contribution in [2.75, 3.05) is 13.7 Å². The van der Waals surface area contributed by atoms with Crippen molar-refractivity contribution in [1.29, 1.82) is 0 Å². The first-order valence-electron chi connectivity index (χ1n) is 8.50. The summed E-state index contributed by atoms with van der Waals surface area (Å²) in [4.78, 5) is 24.2. The summed E-state index contributed by atoms with van der Waals surface area (Å²) in [7, 11) is 1.59. The third-order valence-corrected chi connectivity index (χ3v) is 4.51. The predicted octanol–water partition coefficient (Wildman–Crippen LogP) is 3.15. The van der Waals surface area contributed by atoms with Crippen LogP contribution in [-0.2, 0) is 6.54 Å². The molecule has 5 heteroatoms. The van der Waals surface area contributed by atoms with Gasteiger partial charge in [-0.3, -0.25) is 9.59 Å². The smallest absolute Gasteiger partial charge is 0.182 e. The first-order chi connectivity index (χ1) is 12.0. The number of carbonyl (C=O) groups is 1. The summed E-state index contributed by atoms with van der Waals surface area (Å²) < 4.78 is 13.0. The van der Waals surface area contributed by atoms with Gasteiger partial charge in [0.1, 0.15) is 0 Å². The highest BCUT2D eigenvalue weighted by atomic mass is 16.5. The molecule has 0 spiro atoms. The Labute approximate surface area is 147 Å². The second kappa shape index (κ2) is 7.13. The predicted molar refractivity (Wildman–Crippen MR) is 95.7 cm³/mol. The second-order valence-electron chi connectivity index (χ2n) is 6.60. The number of carbonyl (C=O) groups excluding carboxylic acids is 1. The minimum Gasteiger partial charge on any atom is -0.493 e. The molecule has 0 unspecified atom stereocenters. The Morgan fingerprint density at radius 1 is 1.12 bits per heavy atom. The van der Waals surface area contributed by atoms with Gasteiger partial charge in [-0.25, -0.2) is 0 Å². The second-order valence-corrected chi connectivity index (χ2v) is 6.60. The normalized spacial score (nSPS) is 13.6. The molecule has 0 bridgehead atoms. The van der Waals surface area contributed by atoms with Crippen LogP contribution in [0.4, 0.5) is 0 Å². The first kappa shape index (κ1) is 17.3. The summed E-state index contributed by atoms with van der Waals surface area (Å²) in [6, 6.07) is 8.34. The molecule has 1 aromatic heterocycles. The van der Waals surface area contributed by atoms with E-state index in [-0.39, 0.29) is 17.8 Å². The van der Waals surface area contributed by atoms with Gasteiger partial charge in [0.25, 0.3) is 0 Å². The average Bonchev–Trinajstić information content (AvgIpc) is 3.40. The van der Waals surface area contributed by atoms with Crippen LogP contribution in [-0.4, -0.2) is 24.1 Å². The van der Waals surface area contributed by atoms with Gasteiger partial charge in [-0.1, -0.05) is 0 Å². The largest absolute Gasteiger partial charge is 0.493 e. The van der Waals surface area contributed by atoms with Crippen LogP contribution in [0.15, 0.2) is 35.1 Å². The van der Waals surface area contributed by atoms with E-state index in [4.69, 9.17) is 9.47 Å². The number of rotatable bonds is 7. The third kappa shape index (κ3) is 4.10. The summed E-state index contributed by atoms with van der Waals surface area (Å²) in [5.41, 5.74) is 2.08. The number of aryl methyl sites for hydroxylation is 2. The van der Waals surface area contributed by atoms with Crippen molar-refractivity contribution in [3.63, 3.8) is 0 Å². The van der Waals surface area contributed by atoms with E-state index in [2.05, 4.69) is 0 Å². The molecule has 0 N–H and O–H groups in total. The lowest BCUT2D eigenvalue weighted by molar-refractivity contribution is 0.0969. The zero-order valence-corrected chi connectivity index (χ0v) is 14.9. The van der Waals surface area contributed by atoms with E-state index in [1.807, 2.05) is 18.4 Å². The summed E-state index contributed by atoms with van der Waals surface area (Å²) in [5, 5.41) is 0. The number of pyridine rings is 1. The van der Waals surface area contributed by atoms with Gasteiger partial charge in [-0.2, -0.15) is 0 Å². The van der Waals surface area contributed by atoms with Crippen molar-refractivity contribution >= 4 is 5.78 Å². The van der Waals surface area contributed by atoms with Crippen LogP contribution in [0.5, 0.6) is 11.5 Å². The lowest BCUT2D eigenvalue weighted by Gasteiger charge is -2.15. The molecule has 0 aliphatic heterocycles. The number of methoxy groups -OCH3 is 1. The van der Waals surface area contributed by atoms with Gasteiger partial charge < -0.3 is 14.0 Å². The maximum absolute atomic E-state index is 12.7. The molecule has 1 aromatic carbocycles. The van der Waals surface area contributed by atoms with Gasteiger partial charge in [0.15, 0.2) is 22.7 Å². The fourth-order valence-electron chi connectivity index (χ4n) is 2.83. The van der Waals surface area contributed by atoms with Crippen LogP contribution in [0.1, 0.15) is 34.6 Å². The first-order valence-corrected chi connectivity index (χ1v) is 8.50. The number of benzene rings is 1. The Kier molecular flexibility index (Phi) is 4.93. The zero-order valence-electron chi connectivity index (χ0n) is 14.9. The van der Waals surface area contributed by atoms with Gasteiger partial charge in [0.2, 0.25) is 0 Å². The molecule has 0 amide bonds. The number of ketones is 1. The van der Waals surface area contributed by atoms with Crippen LogP contribution in [0.2, 0.25) is 0 Å². The lowest BCUT2D eigenvalue weighted by atomic mass is 10.1. The maximum Gasteiger partial charge on any atom is 0.182 e. The highest BCUT2D eigenvalue weighted by molar-refractivity contribution is 5.96. The van der Waals surface area contributed by atoms with Crippen LogP contribution < -0.4 is 14.9 Å². The fourth-order valence-corrected chi connectivity index (χ4v) is 2.83. The van der Waals surface area contributed by atoms with E-state index in [1.165, 1.54) is 12.8 Å². The standard InChI is InChI=1S/C20H23NO4/c1-13-8-17(22)9-14(2)21(13)11-18(23)16-6-7-19(24-3)20(10-16)25-12-15-4-5-15/h6-10,15H,4-5,11-12H2,1-3H3. The van der Waals surface area contributed by atoms with Crippen molar-refractivity contribution in [3.05, 3.63) is 57.5 Å². The molecule has 1 saturated carbocycles. The monoisotopic (exact) mass is 341 g/mol. The number of nitrogens with zero attached hydrogens (tertiary/aromatic N) is 1. The Morgan fingerprint density at radius 2 is 1.80 bits per heavy atom.